The molecule has 0 radical (unpaired) electrons. The second-order valence-electron chi connectivity index (χ2n) is 7.86. The number of likely N-dealkylation sites (tertiary alicyclic amines) is 1. The lowest BCUT2D eigenvalue weighted by Gasteiger charge is -2.26. The van der Waals surface area contributed by atoms with Crippen molar-refractivity contribution in [3.63, 3.8) is 0 Å². The van der Waals surface area contributed by atoms with Gasteiger partial charge in [-0.25, -0.2) is 4.79 Å². The second-order valence-corrected chi connectivity index (χ2v) is 7.86. The maximum atomic E-state index is 12.9. The number of ether oxygens (including phenoxy) is 3. The maximum Gasteiger partial charge on any atom is 0.338 e. The van der Waals surface area contributed by atoms with Crippen LogP contribution in [0.5, 0.6) is 11.5 Å². The molecule has 1 amide bonds. The first-order valence-corrected chi connectivity index (χ1v) is 10.8. The number of carbonyl (C=O) groups is 2. The van der Waals surface area contributed by atoms with Crippen LogP contribution in [0.4, 0.5) is 0 Å². The Kier molecular flexibility index (Phi) is 5.54. The third-order valence-electron chi connectivity index (χ3n) is 5.86. The van der Waals surface area contributed by atoms with E-state index >= 15 is 0 Å². The molecule has 3 heterocycles. The van der Waals surface area contributed by atoms with Gasteiger partial charge in [-0.3, -0.25) is 4.79 Å². The van der Waals surface area contributed by atoms with Crippen molar-refractivity contribution in [2.75, 3.05) is 26.4 Å². The number of esters is 1. The van der Waals surface area contributed by atoms with Gasteiger partial charge in [-0.15, -0.1) is 0 Å². The number of benzene rings is 2. The SMILES string of the molecule is O=C(OCC(=O)N1CCCC1c1ccc2c(c1)OCCO2)c1ccc(-n2cccc2)cc1. The Bertz CT molecular complexity index is 1110. The predicted molar refractivity (Wildman–Crippen MR) is 117 cm³/mol. The van der Waals surface area contributed by atoms with E-state index in [2.05, 4.69) is 0 Å². The molecule has 7 nitrogen and oxygen atoms in total. The average Bonchev–Trinajstić information content (AvgIpc) is 3.55. The highest BCUT2D eigenvalue weighted by Gasteiger charge is 2.31. The van der Waals surface area contributed by atoms with Crippen molar-refractivity contribution in [2.24, 2.45) is 0 Å². The lowest BCUT2D eigenvalue weighted by molar-refractivity contribution is -0.135. The molecule has 3 aromatic rings. The van der Waals surface area contributed by atoms with Crippen molar-refractivity contribution in [3.05, 3.63) is 78.1 Å². The van der Waals surface area contributed by atoms with Gasteiger partial charge in [-0.2, -0.15) is 0 Å². The number of hydrogen-bond donors (Lipinski definition) is 0. The molecule has 32 heavy (non-hydrogen) atoms. The van der Waals surface area contributed by atoms with Crippen molar-refractivity contribution >= 4 is 11.9 Å². The van der Waals surface area contributed by atoms with Crippen LogP contribution in [0.1, 0.15) is 34.8 Å². The van der Waals surface area contributed by atoms with E-state index in [4.69, 9.17) is 14.2 Å². The molecule has 0 spiro atoms. The monoisotopic (exact) mass is 432 g/mol. The Labute approximate surface area is 186 Å². The summed E-state index contributed by atoms with van der Waals surface area (Å²) in [6, 6.07) is 16.7. The van der Waals surface area contributed by atoms with Crippen molar-refractivity contribution in [1.29, 1.82) is 0 Å². The number of carbonyl (C=O) groups excluding carboxylic acids is 2. The van der Waals surface area contributed by atoms with Crippen LogP contribution in [0, 0.1) is 0 Å². The fraction of sp³-hybridized carbons (Fsp3) is 0.280. The molecule has 2 aliphatic heterocycles. The zero-order valence-electron chi connectivity index (χ0n) is 17.6. The Morgan fingerprint density at radius 3 is 2.50 bits per heavy atom. The molecule has 1 unspecified atom stereocenters. The minimum Gasteiger partial charge on any atom is -0.486 e. The molecular weight excluding hydrogens is 408 g/mol. The first-order chi connectivity index (χ1) is 15.7. The number of rotatable bonds is 5. The normalized spacial score (nSPS) is 17.2. The molecule has 1 saturated heterocycles. The molecule has 1 fully saturated rings. The lowest BCUT2D eigenvalue weighted by atomic mass is 10.0. The van der Waals surface area contributed by atoms with Gasteiger partial charge in [0, 0.05) is 24.6 Å². The number of nitrogens with zero attached hydrogens (tertiary/aromatic N) is 2. The van der Waals surface area contributed by atoms with Gasteiger partial charge in [0.15, 0.2) is 18.1 Å². The highest BCUT2D eigenvalue weighted by atomic mass is 16.6. The first-order valence-electron chi connectivity index (χ1n) is 10.8. The maximum absolute atomic E-state index is 12.9. The second kappa shape index (κ2) is 8.78. The number of hydrogen-bond acceptors (Lipinski definition) is 5. The summed E-state index contributed by atoms with van der Waals surface area (Å²) in [7, 11) is 0. The molecule has 5 rings (SSSR count). The van der Waals surface area contributed by atoms with Crippen LogP contribution in [0.15, 0.2) is 67.0 Å². The number of amides is 1. The molecular formula is C25H24N2O5. The van der Waals surface area contributed by atoms with Crippen LogP contribution in [-0.4, -0.2) is 47.7 Å². The van der Waals surface area contributed by atoms with E-state index in [9.17, 15) is 9.59 Å². The van der Waals surface area contributed by atoms with Gasteiger partial charge in [-0.1, -0.05) is 6.07 Å². The minimum atomic E-state index is -0.507. The summed E-state index contributed by atoms with van der Waals surface area (Å²) in [6.07, 6.45) is 5.63. The van der Waals surface area contributed by atoms with Gasteiger partial charge in [0.2, 0.25) is 0 Å². The van der Waals surface area contributed by atoms with Crippen LogP contribution >= 0.6 is 0 Å². The molecule has 1 atom stereocenters. The highest BCUT2D eigenvalue weighted by molar-refractivity contribution is 5.91. The van der Waals surface area contributed by atoms with E-state index in [1.54, 1.807) is 17.0 Å². The van der Waals surface area contributed by atoms with Crippen LogP contribution < -0.4 is 9.47 Å². The summed E-state index contributed by atoms with van der Waals surface area (Å²) >= 11 is 0. The average molecular weight is 432 g/mol. The molecule has 7 heteroatoms. The molecule has 0 bridgehead atoms. The standard InChI is InChI=1S/C25H24N2O5/c28-24(17-32-25(29)18-5-8-20(9-6-18)26-11-1-2-12-26)27-13-3-4-21(27)19-7-10-22-23(16-19)31-15-14-30-22/h1-2,5-12,16,21H,3-4,13-15,17H2. The van der Waals surface area contributed by atoms with Crippen molar-refractivity contribution in [3.8, 4) is 17.2 Å². The van der Waals surface area contributed by atoms with Crippen LogP contribution in [0.25, 0.3) is 5.69 Å². The van der Waals surface area contributed by atoms with Gasteiger partial charge in [0.05, 0.1) is 11.6 Å². The minimum absolute atomic E-state index is 0.0575. The predicted octanol–water partition coefficient (Wildman–Crippen LogP) is 3.77. The zero-order valence-corrected chi connectivity index (χ0v) is 17.6. The van der Waals surface area contributed by atoms with Gasteiger partial charge < -0.3 is 23.7 Å². The van der Waals surface area contributed by atoms with Crippen molar-refractivity contribution in [2.45, 2.75) is 18.9 Å². The molecule has 0 N–H and O–H groups in total. The van der Waals surface area contributed by atoms with Gasteiger partial charge in [0.25, 0.3) is 5.91 Å². The summed E-state index contributed by atoms with van der Waals surface area (Å²) in [5, 5.41) is 0. The molecule has 2 aliphatic rings. The molecule has 0 aliphatic carbocycles. The first kappa shape index (κ1) is 20.2. The van der Waals surface area contributed by atoms with E-state index in [1.807, 2.05) is 59.4 Å². The van der Waals surface area contributed by atoms with Crippen molar-refractivity contribution < 1.29 is 23.8 Å². The Morgan fingerprint density at radius 1 is 0.969 bits per heavy atom. The van der Waals surface area contributed by atoms with E-state index in [0.717, 1.165) is 29.8 Å². The lowest BCUT2D eigenvalue weighted by Crippen LogP contribution is -2.34. The largest absolute Gasteiger partial charge is 0.486 e. The summed E-state index contributed by atoms with van der Waals surface area (Å²) in [6.45, 7) is 1.42. The van der Waals surface area contributed by atoms with Crippen LogP contribution in [-0.2, 0) is 9.53 Å². The Balaban J connectivity index is 1.21. The topological polar surface area (TPSA) is 70.0 Å². The van der Waals surface area contributed by atoms with E-state index in [0.29, 0.717) is 31.1 Å². The van der Waals surface area contributed by atoms with Crippen molar-refractivity contribution in [1.82, 2.24) is 9.47 Å². The van der Waals surface area contributed by atoms with E-state index < -0.39 is 5.97 Å². The fourth-order valence-corrected chi connectivity index (χ4v) is 4.25. The van der Waals surface area contributed by atoms with Crippen LogP contribution in [0.3, 0.4) is 0 Å². The fourth-order valence-electron chi connectivity index (χ4n) is 4.25. The zero-order chi connectivity index (χ0) is 21.9. The highest BCUT2D eigenvalue weighted by Crippen LogP contribution is 2.38. The van der Waals surface area contributed by atoms with E-state index in [-0.39, 0.29) is 18.6 Å². The Hall–Kier alpha value is -3.74. The summed E-state index contributed by atoms with van der Waals surface area (Å²) in [5.74, 6) is 0.739. The summed E-state index contributed by atoms with van der Waals surface area (Å²) in [4.78, 5) is 27.1. The molecule has 164 valence electrons. The summed E-state index contributed by atoms with van der Waals surface area (Å²) in [5.41, 5.74) is 2.37. The smallest absolute Gasteiger partial charge is 0.338 e. The molecule has 1 aromatic heterocycles. The Morgan fingerprint density at radius 2 is 1.72 bits per heavy atom. The van der Waals surface area contributed by atoms with Gasteiger partial charge in [0.1, 0.15) is 13.2 Å². The van der Waals surface area contributed by atoms with Gasteiger partial charge in [-0.05, 0) is 66.9 Å². The number of aromatic nitrogens is 1. The number of fused-ring (bicyclic) bond motifs is 1. The molecule has 0 saturated carbocycles. The third kappa shape index (κ3) is 4.06. The third-order valence-corrected chi connectivity index (χ3v) is 5.86. The van der Waals surface area contributed by atoms with Crippen LogP contribution in [0.2, 0.25) is 0 Å². The quantitative estimate of drug-likeness (QED) is 0.574. The molecule has 2 aromatic carbocycles. The summed E-state index contributed by atoms with van der Waals surface area (Å²) < 4.78 is 18.5. The van der Waals surface area contributed by atoms with Gasteiger partial charge >= 0.3 is 5.97 Å². The van der Waals surface area contributed by atoms with E-state index in [1.165, 1.54) is 0 Å².